The fourth-order valence-corrected chi connectivity index (χ4v) is 1.47. The van der Waals surface area contributed by atoms with Crippen molar-refractivity contribution in [2.45, 2.75) is 25.8 Å². The Balaban J connectivity index is 2.95. The highest BCUT2D eigenvalue weighted by atomic mass is 16.3. The van der Waals surface area contributed by atoms with Crippen LogP contribution >= 0.6 is 0 Å². The SMILES string of the molecule is CCCc1ccc(O)c([C@@H](N)CN)c1. The summed E-state index contributed by atoms with van der Waals surface area (Å²) < 4.78 is 0. The molecule has 0 saturated heterocycles. The molecule has 5 N–H and O–H groups in total. The lowest BCUT2D eigenvalue weighted by Crippen LogP contribution is -2.20. The van der Waals surface area contributed by atoms with Gasteiger partial charge in [-0.3, -0.25) is 0 Å². The maximum absolute atomic E-state index is 9.57. The average molecular weight is 194 g/mol. The van der Waals surface area contributed by atoms with Crippen LogP contribution in [0.15, 0.2) is 18.2 Å². The zero-order valence-electron chi connectivity index (χ0n) is 8.53. The summed E-state index contributed by atoms with van der Waals surface area (Å²) in [6, 6.07) is 5.28. The van der Waals surface area contributed by atoms with Gasteiger partial charge in [0.2, 0.25) is 0 Å². The molecule has 14 heavy (non-hydrogen) atoms. The number of nitrogens with two attached hydrogens (primary N) is 2. The van der Waals surface area contributed by atoms with Gasteiger partial charge in [0.15, 0.2) is 0 Å². The van der Waals surface area contributed by atoms with E-state index in [-0.39, 0.29) is 11.8 Å². The van der Waals surface area contributed by atoms with Gasteiger partial charge < -0.3 is 16.6 Å². The second kappa shape index (κ2) is 4.98. The number of hydrogen-bond donors (Lipinski definition) is 3. The normalized spacial score (nSPS) is 12.8. The Labute approximate surface area is 84.7 Å². The number of benzene rings is 1. The van der Waals surface area contributed by atoms with Gasteiger partial charge in [-0.15, -0.1) is 0 Å². The molecule has 0 aliphatic rings. The Morgan fingerprint density at radius 1 is 1.43 bits per heavy atom. The molecule has 78 valence electrons. The smallest absolute Gasteiger partial charge is 0.120 e. The van der Waals surface area contributed by atoms with E-state index in [2.05, 4.69) is 6.92 Å². The van der Waals surface area contributed by atoms with Crippen molar-refractivity contribution in [3.8, 4) is 5.75 Å². The summed E-state index contributed by atoms with van der Waals surface area (Å²) in [5.74, 6) is 0.239. The third-order valence-corrected chi connectivity index (χ3v) is 2.28. The lowest BCUT2D eigenvalue weighted by atomic mass is 10.0. The van der Waals surface area contributed by atoms with Crippen molar-refractivity contribution in [3.05, 3.63) is 29.3 Å². The predicted octanol–water partition coefficient (Wildman–Crippen LogP) is 1.30. The van der Waals surface area contributed by atoms with E-state index in [0.29, 0.717) is 6.54 Å². The van der Waals surface area contributed by atoms with E-state index in [1.54, 1.807) is 6.07 Å². The highest BCUT2D eigenvalue weighted by molar-refractivity contribution is 5.38. The fraction of sp³-hybridized carbons (Fsp3) is 0.455. The Hall–Kier alpha value is -1.06. The van der Waals surface area contributed by atoms with Crippen molar-refractivity contribution < 1.29 is 5.11 Å². The Morgan fingerprint density at radius 3 is 2.71 bits per heavy atom. The first kappa shape index (κ1) is 11.0. The summed E-state index contributed by atoms with van der Waals surface area (Å²) in [7, 11) is 0. The molecule has 1 aromatic carbocycles. The van der Waals surface area contributed by atoms with Crippen LogP contribution in [0, 0.1) is 0 Å². The third-order valence-electron chi connectivity index (χ3n) is 2.28. The van der Waals surface area contributed by atoms with Gasteiger partial charge >= 0.3 is 0 Å². The van der Waals surface area contributed by atoms with Gasteiger partial charge in [0.25, 0.3) is 0 Å². The van der Waals surface area contributed by atoms with Crippen LogP contribution in [0.4, 0.5) is 0 Å². The zero-order chi connectivity index (χ0) is 10.6. The highest BCUT2D eigenvalue weighted by Crippen LogP contribution is 2.23. The maximum Gasteiger partial charge on any atom is 0.120 e. The first-order chi connectivity index (χ1) is 6.69. The summed E-state index contributed by atoms with van der Waals surface area (Å²) in [6.45, 7) is 2.47. The van der Waals surface area contributed by atoms with Gasteiger partial charge in [0, 0.05) is 18.2 Å². The minimum atomic E-state index is -0.271. The van der Waals surface area contributed by atoms with Gasteiger partial charge in [-0.05, 0) is 18.1 Å². The van der Waals surface area contributed by atoms with Crippen molar-refractivity contribution in [2.24, 2.45) is 11.5 Å². The summed E-state index contributed by atoms with van der Waals surface area (Å²) >= 11 is 0. The molecule has 1 rings (SSSR count). The number of phenolic OH excluding ortho intramolecular Hbond substituents is 1. The number of aromatic hydroxyl groups is 1. The summed E-state index contributed by atoms with van der Waals surface area (Å²) in [5, 5.41) is 9.57. The predicted molar refractivity (Wildman–Crippen MR) is 58.1 cm³/mol. The van der Waals surface area contributed by atoms with Crippen LogP contribution in [0.2, 0.25) is 0 Å². The molecular weight excluding hydrogens is 176 g/mol. The first-order valence-electron chi connectivity index (χ1n) is 4.96. The molecular formula is C11H18N2O. The standard InChI is InChI=1S/C11H18N2O/c1-2-3-8-4-5-11(14)9(6-8)10(13)7-12/h4-6,10,14H,2-3,7,12-13H2,1H3/t10-/m0/s1. The zero-order valence-corrected chi connectivity index (χ0v) is 8.53. The molecule has 0 aliphatic carbocycles. The largest absolute Gasteiger partial charge is 0.508 e. The second-order valence-corrected chi connectivity index (χ2v) is 3.49. The highest BCUT2D eigenvalue weighted by Gasteiger charge is 2.09. The molecule has 0 heterocycles. The summed E-state index contributed by atoms with van der Waals surface area (Å²) in [5.41, 5.74) is 13.2. The van der Waals surface area contributed by atoms with E-state index in [9.17, 15) is 5.11 Å². The lowest BCUT2D eigenvalue weighted by molar-refractivity contribution is 0.461. The van der Waals surface area contributed by atoms with E-state index in [1.165, 1.54) is 5.56 Å². The molecule has 0 aliphatic heterocycles. The number of rotatable bonds is 4. The van der Waals surface area contributed by atoms with Crippen molar-refractivity contribution >= 4 is 0 Å². The Kier molecular flexibility index (Phi) is 3.92. The topological polar surface area (TPSA) is 72.3 Å². The van der Waals surface area contributed by atoms with Gasteiger partial charge in [-0.2, -0.15) is 0 Å². The lowest BCUT2D eigenvalue weighted by Gasteiger charge is -2.12. The van der Waals surface area contributed by atoms with Gasteiger partial charge in [0.1, 0.15) is 5.75 Å². The van der Waals surface area contributed by atoms with Crippen LogP contribution < -0.4 is 11.5 Å². The van der Waals surface area contributed by atoms with E-state index in [4.69, 9.17) is 11.5 Å². The summed E-state index contributed by atoms with van der Waals surface area (Å²) in [4.78, 5) is 0. The average Bonchev–Trinajstić information content (AvgIpc) is 2.20. The fourth-order valence-electron chi connectivity index (χ4n) is 1.47. The van der Waals surface area contributed by atoms with Crippen LogP contribution in [-0.2, 0) is 6.42 Å². The maximum atomic E-state index is 9.57. The third kappa shape index (κ3) is 2.47. The summed E-state index contributed by atoms with van der Waals surface area (Å²) in [6.07, 6.45) is 2.09. The molecule has 3 heteroatoms. The second-order valence-electron chi connectivity index (χ2n) is 3.49. The molecule has 0 bridgehead atoms. The molecule has 0 unspecified atom stereocenters. The van der Waals surface area contributed by atoms with E-state index < -0.39 is 0 Å². The molecule has 0 aromatic heterocycles. The molecule has 0 fully saturated rings. The quantitative estimate of drug-likeness (QED) is 0.676. The van der Waals surface area contributed by atoms with Gasteiger partial charge in [-0.1, -0.05) is 25.5 Å². The van der Waals surface area contributed by atoms with Crippen molar-refractivity contribution in [1.82, 2.24) is 0 Å². The molecule has 0 saturated carbocycles. The van der Waals surface area contributed by atoms with Crippen molar-refractivity contribution in [3.63, 3.8) is 0 Å². The van der Waals surface area contributed by atoms with Crippen LogP contribution in [0.25, 0.3) is 0 Å². The minimum absolute atomic E-state index is 0.239. The first-order valence-corrected chi connectivity index (χ1v) is 4.96. The Bertz CT molecular complexity index is 299. The molecule has 1 atom stereocenters. The monoisotopic (exact) mass is 194 g/mol. The van der Waals surface area contributed by atoms with Crippen LogP contribution in [-0.4, -0.2) is 11.7 Å². The molecule has 3 nitrogen and oxygen atoms in total. The van der Waals surface area contributed by atoms with Crippen LogP contribution in [0.3, 0.4) is 0 Å². The number of aryl methyl sites for hydroxylation is 1. The van der Waals surface area contributed by atoms with Crippen molar-refractivity contribution in [1.29, 1.82) is 0 Å². The number of hydrogen-bond acceptors (Lipinski definition) is 3. The molecule has 0 radical (unpaired) electrons. The van der Waals surface area contributed by atoms with Gasteiger partial charge in [0.05, 0.1) is 0 Å². The van der Waals surface area contributed by atoms with Gasteiger partial charge in [-0.25, -0.2) is 0 Å². The Morgan fingerprint density at radius 2 is 2.14 bits per heavy atom. The molecule has 1 aromatic rings. The van der Waals surface area contributed by atoms with Crippen LogP contribution in [0.5, 0.6) is 5.75 Å². The van der Waals surface area contributed by atoms with Crippen LogP contribution in [0.1, 0.15) is 30.5 Å². The van der Waals surface area contributed by atoms with E-state index >= 15 is 0 Å². The van der Waals surface area contributed by atoms with E-state index in [0.717, 1.165) is 18.4 Å². The van der Waals surface area contributed by atoms with E-state index in [1.807, 2.05) is 12.1 Å². The van der Waals surface area contributed by atoms with Crippen molar-refractivity contribution in [2.75, 3.05) is 6.54 Å². The number of phenols is 1. The molecule has 0 amide bonds. The minimum Gasteiger partial charge on any atom is -0.508 e. The molecule has 0 spiro atoms.